The van der Waals surface area contributed by atoms with Gasteiger partial charge in [-0.05, 0) is 48.7 Å². The number of rotatable bonds is 10. The Morgan fingerprint density at radius 3 is 2.32 bits per heavy atom. The fourth-order valence-corrected chi connectivity index (χ4v) is 4.89. The number of hydrogen-bond acceptors (Lipinski definition) is 4. The predicted octanol–water partition coefficient (Wildman–Crippen LogP) is 7.42. The van der Waals surface area contributed by atoms with E-state index in [-0.39, 0.29) is 17.0 Å². The molecule has 0 bridgehead atoms. The van der Waals surface area contributed by atoms with Crippen LogP contribution in [0.15, 0.2) is 91.6 Å². The van der Waals surface area contributed by atoms with E-state index >= 15 is 4.39 Å². The van der Waals surface area contributed by atoms with Crippen LogP contribution < -0.4 is 0 Å². The summed E-state index contributed by atoms with van der Waals surface area (Å²) < 4.78 is 38.1. The molecule has 0 aliphatic rings. The Balaban J connectivity index is 1.90. The van der Waals surface area contributed by atoms with E-state index in [0.717, 1.165) is 11.8 Å². The molecule has 4 aromatic rings. The molecule has 2 heterocycles. The van der Waals surface area contributed by atoms with Gasteiger partial charge in [0.05, 0.1) is 11.0 Å². The van der Waals surface area contributed by atoms with Gasteiger partial charge in [0.15, 0.2) is 0 Å². The van der Waals surface area contributed by atoms with Crippen molar-refractivity contribution in [1.82, 2.24) is 14.5 Å². The summed E-state index contributed by atoms with van der Waals surface area (Å²) in [6.45, 7) is 8.07. The average molecular weight is 502 g/mol. The molecule has 190 valence electrons. The molecule has 0 N–H and O–H groups in total. The number of benzene rings is 2. The van der Waals surface area contributed by atoms with Crippen LogP contribution in [-0.4, -0.2) is 20.5 Å². The first-order chi connectivity index (χ1) is 17.9. The van der Waals surface area contributed by atoms with Gasteiger partial charge in [0.2, 0.25) is 0 Å². The van der Waals surface area contributed by atoms with Crippen LogP contribution in [-0.2, 0) is 10.2 Å². The first-order valence-electron chi connectivity index (χ1n) is 12.3. The monoisotopic (exact) mass is 501 g/mol. The summed E-state index contributed by atoms with van der Waals surface area (Å²) in [6.07, 6.45) is 7.03. The number of carbonyl (C=O) groups is 1. The number of aromatic nitrogens is 3. The molecule has 0 aliphatic heterocycles. The second kappa shape index (κ2) is 11.3. The summed E-state index contributed by atoms with van der Waals surface area (Å²) in [6, 6.07) is 16.5. The Bertz CT molecular complexity index is 1380. The van der Waals surface area contributed by atoms with Gasteiger partial charge in [-0.2, -0.15) is 0 Å². The van der Waals surface area contributed by atoms with Crippen LogP contribution in [0, 0.1) is 11.6 Å². The van der Waals surface area contributed by atoms with Gasteiger partial charge in [0, 0.05) is 30.3 Å². The highest BCUT2D eigenvalue weighted by Gasteiger charge is 2.40. The molecule has 5 nitrogen and oxygen atoms in total. The van der Waals surface area contributed by atoms with Crippen molar-refractivity contribution in [2.45, 2.75) is 44.9 Å². The lowest BCUT2D eigenvalue weighted by atomic mass is 9.70. The molecule has 0 unspecified atom stereocenters. The number of pyridine rings is 1. The minimum absolute atomic E-state index is 0.121. The number of halogens is 2. The van der Waals surface area contributed by atoms with Gasteiger partial charge in [-0.25, -0.2) is 23.5 Å². The van der Waals surface area contributed by atoms with Crippen molar-refractivity contribution >= 4 is 5.97 Å². The van der Waals surface area contributed by atoms with Gasteiger partial charge in [0.25, 0.3) is 0 Å². The van der Waals surface area contributed by atoms with E-state index in [9.17, 15) is 9.18 Å². The fraction of sp³-hybridized carbons (Fsp3) is 0.233. The van der Waals surface area contributed by atoms with Crippen LogP contribution in [0.25, 0.3) is 17.1 Å². The van der Waals surface area contributed by atoms with E-state index in [1.54, 1.807) is 35.2 Å². The zero-order valence-electron chi connectivity index (χ0n) is 21.0. The second-order valence-corrected chi connectivity index (χ2v) is 8.88. The number of allylic oxidation sites excluding steroid dienone is 1. The number of para-hydroxylation sites is 1. The molecule has 0 fully saturated rings. The third-order valence-electron chi connectivity index (χ3n) is 6.45. The zero-order chi connectivity index (χ0) is 26.4. The summed E-state index contributed by atoms with van der Waals surface area (Å²) in [5, 5.41) is 0. The van der Waals surface area contributed by atoms with Crippen molar-refractivity contribution in [1.29, 1.82) is 0 Å². The number of ether oxygens (including phenoxy) is 1. The van der Waals surface area contributed by atoms with E-state index in [1.165, 1.54) is 12.3 Å². The van der Waals surface area contributed by atoms with Crippen LogP contribution in [0.1, 0.15) is 55.6 Å². The van der Waals surface area contributed by atoms with Crippen LogP contribution in [0.4, 0.5) is 8.78 Å². The van der Waals surface area contributed by atoms with Crippen LogP contribution in [0.3, 0.4) is 0 Å². The van der Waals surface area contributed by atoms with E-state index in [0.29, 0.717) is 37.1 Å². The molecule has 0 spiro atoms. The van der Waals surface area contributed by atoms with Gasteiger partial charge in [-0.3, -0.25) is 4.57 Å². The van der Waals surface area contributed by atoms with Crippen LogP contribution in [0.5, 0.6) is 0 Å². The highest BCUT2D eigenvalue weighted by atomic mass is 19.1. The number of esters is 1. The van der Waals surface area contributed by atoms with Crippen molar-refractivity contribution in [2.75, 3.05) is 0 Å². The van der Waals surface area contributed by atoms with Gasteiger partial charge < -0.3 is 4.74 Å². The molecule has 0 atom stereocenters. The third kappa shape index (κ3) is 5.21. The maximum Gasteiger partial charge on any atom is 0.362 e. The van der Waals surface area contributed by atoms with Crippen LogP contribution in [0.2, 0.25) is 0 Å². The first-order valence-corrected chi connectivity index (χ1v) is 12.3. The Hall–Kier alpha value is -4.13. The van der Waals surface area contributed by atoms with Crippen molar-refractivity contribution in [2.24, 2.45) is 0 Å². The van der Waals surface area contributed by atoms with Gasteiger partial charge in [-0.15, -0.1) is 0 Å². The van der Waals surface area contributed by atoms with E-state index in [2.05, 4.69) is 16.5 Å². The lowest BCUT2D eigenvalue weighted by Gasteiger charge is -2.36. The van der Waals surface area contributed by atoms with Crippen molar-refractivity contribution in [3.63, 3.8) is 0 Å². The number of nitrogens with zero attached hydrogens (tertiary/aromatic N) is 3. The lowest BCUT2D eigenvalue weighted by Crippen LogP contribution is -2.32. The van der Waals surface area contributed by atoms with Crippen molar-refractivity contribution in [3.8, 4) is 17.1 Å². The minimum Gasteiger partial charge on any atom is -0.426 e. The Morgan fingerprint density at radius 2 is 1.68 bits per heavy atom. The highest BCUT2D eigenvalue weighted by Crippen LogP contribution is 2.46. The van der Waals surface area contributed by atoms with E-state index in [4.69, 9.17) is 4.74 Å². The molecule has 0 saturated carbocycles. The summed E-state index contributed by atoms with van der Waals surface area (Å²) in [5.74, 6) is -1.71. The molecule has 0 radical (unpaired) electrons. The summed E-state index contributed by atoms with van der Waals surface area (Å²) in [5.41, 5.74) is 0.334. The molecule has 2 aromatic heterocycles. The van der Waals surface area contributed by atoms with E-state index < -0.39 is 23.0 Å². The summed E-state index contributed by atoms with van der Waals surface area (Å²) >= 11 is 0. The number of imidazole rings is 1. The average Bonchev–Trinajstić information content (AvgIpc) is 3.38. The normalized spacial score (nSPS) is 11.4. The van der Waals surface area contributed by atoms with Gasteiger partial charge >= 0.3 is 5.97 Å². The third-order valence-corrected chi connectivity index (χ3v) is 6.45. The fourth-order valence-electron chi connectivity index (χ4n) is 4.89. The molecule has 37 heavy (non-hydrogen) atoms. The first kappa shape index (κ1) is 25.9. The summed E-state index contributed by atoms with van der Waals surface area (Å²) in [7, 11) is 0. The topological polar surface area (TPSA) is 57.0 Å². The quantitative estimate of drug-likeness (QED) is 0.168. The summed E-state index contributed by atoms with van der Waals surface area (Å²) in [4.78, 5) is 21.4. The maximum atomic E-state index is 15.7. The van der Waals surface area contributed by atoms with Crippen molar-refractivity contribution < 1.29 is 18.3 Å². The lowest BCUT2D eigenvalue weighted by molar-refractivity contribution is 0.0555. The highest BCUT2D eigenvalue weighted by molar-refractivity contribution is 5.88. The zero-order valence-corrected chi connectivity index (χ0v) is 21.0. The molecule has 0 aliphatic carbocycles. The SMILES string of the molecule is C=C(OC(=O)c1ccccn1)C(CCC)(CCC)c1cc(F)cc(F)c1-c1nccn1-c1ccccc1. The van der Waals surface area contributed by atoms with Gasteiger partial charge in [0.1, 0.15) is 28.9 Å². The molecule has 2 aromatic carbocycles. The Kier molecular flexibility index (Phi) is 7.92. The molecule has 4 rings (SSSR count). The molecular formula is C30H29F2N3O2. The van der Waals surface area contributed by atoms with Gasteiger partial charge in [-0.1, -0.05) is 57.5 Å². The molecule has 7 heteroatoms. The number of hydrogen-bond donors (Lipinski definition) is 0. The smallest absolute Gasteiger partial charge is 0.362 e. The Labute approximate surface area is 215 Å². The second-order valence-electron chi connectivity index (χ2n) is 8.88. The minimum atomic E-state index is -1.06. The maximum absolute atomic E-state index is 15.7. The van der Waals surface area contributed by atoms with E-state index in [1.807, 2.05) is 44.2 Å². The molecule has 0 amide bonds. The Morgan fingerprint density at radius 1 is 0.973 bits per heavy atom. The molecular weight excluding hydrogens is 472 g/mol. The number of carbonyl (C=O) groups excluding carboxylic acids is 1. The van der Waals surface area contributed by atoms with Crippen LogP contribution >= 0.6 is 0 Å². The largest absolute Gasteiger partial charge is 0.426 e. The molecule has 0 saturated heterocycles. The van der Waals surface area contributed by atoms with Crippen molar-refractivity contribution in [3.05, 3.63) is 114 Å². The predicted molar refractivity (Wildman–Crippen MR) is 139 cm³/mol. The standard InChI is InChI=1S/C30H29F2N3O2/c1-4-14-30(15-5-2,21(3)37-29(36)26-13-9-10-16-33-26)24-19-22(31)20-25(32)27(24)28-34-17-18-35(28)23-11-7-6-8-12-23/h6-13,16-20H,3-5,14-15H2,1-2H3.